The number of hydrazine groups is 1. The molecule has 1 aromatic rings. The van der Waals surface area contributed by atoms with Crippen LogP contribution in [-0.4, -0.2) is 12.1 Å². The van der Waals surface area contributed by atoms with Crippen LogP contribution in [0.2, 0.25) is 0 Å². The summed E-state index contributed by atoms with van der Waals surface area (Å²) in [5.41, 5.74) is 5.26. The van der Waals surface area contributed by atoms with Crippen molar-refractivity contribution in [1.29, 1.82) is 0 Å². The number of alkyl halides is 3. The van der Waals surface area contributed by atoms with E-state index in [9.17, 15) is 21.9 Å². The molecule has 0 aliphatic carbocycles. The number of hydrogen-bond acceptors (Lipinski definition) is 5. The Bertz CT molecular complexity index is 453. The zero-order valence-electron chi connectivity index (χ0n) is 8.66. The quantitative estimate of drug-likeness (QED) is 0.260. The molecule has 0 aromatic heterocycles. The van der Waals surface area contributed by atoms with Crippen molar-refractivity contribution in [2.75, 3.05) is 15.5 Å². The second kappa shape index (κ2) is 5.31. The van der Waals surface area contributed by atoms with Gasteiger partial charge in [0.1, 0.15) is 0 Å². The van der Waals surface area contributed by atoms with Gasteiger partial charge >= 0.3 is 12.1 Å². The molecule has 0 saturated heterocycles. The van der Waals surface area contributed by atoms with E-state index in [2.05, 4.69) is 0 Å². The second-order valence-corrected chi connectivity index (χ2v) is 3.65. The van der Waals surface area contributed by atoms with E-state index in [1.165, 1.54) is 6.07 Å². The number of nitrogens with one attached hydrogen (secondary N) is 1. The van der Waals surface area contributed by atoms with E-state index in [0.29, 0.717) is 4.41 Å². The first kappa shape index (κ1) is 14.4. The molecule has 0 fully saturated rings. The SMILES string of the molecule is Nc1cc(NC(=O)C(F)(F)F)ccc1N(N)SF. The highest BCUT2D eigenvalue weighted by Gasteiger charge is 2.38. The minimum Gasteiger partial charge on any atom is -0.397 e. The summed E-state index contributed by atoms with van der Waals surface area (Å²) in [7, 11) is 0. The van der Waals surface area contributed by atoms with Gasteiger partial charge in [-0.2, -0.15) is 13.2 Å². The fraction of sp³-hybridized carbons (Fsp3) is 0.125. The molecule has 0 atom stereocenters. The van der Waals surface area contributed by atoms with Crippen LogP contribution >= 0.6 is 12.3 Å². The molecule has 0 bridgehead atoms. The van der Waals surface area contributed by atoms with Crippen LogP contribution in [0, 0.1) is 0 Å². The highest BCUT2D eigenvalue weighted by atomic mass is 32.2. The van der Waals surface area contributed by atoms with Crippen molar-refractivity contribution in [3.8, 4) is 0 Å². The zero-order valence-corrected chi connectivity index (χ0v) is 9.48. The molecule has 0 saturated carbocycles. The fourth-order valence-corrected chi connectivity index (χ4v) is 1.31. The van der Waals surface area contributed by atoms with Gasteiger partial charge < -0.3 is 11.1 Å². The van der Waals surface area contributed by atoms with Crippen LogP contribution in [0.25, 0.3) is 0 Å². The molecule has 10 heteroatoms. The van der Waals surface area contributed by atoms with E-state index in [-0.39, 0.29) is 29.4 Å². The fourth-order valence-electron chi connectivity index (χ4n) is 1.07. The van der Waals surface area contributed by atoms with Crippen molar-refractivity contribution in [1.82, 2.24) is 0 Å². The molecule has 5 nitrogen and oxygen atoms in total. The number of rotatable bonds is 3. The number of halogens is 4. The summed E-state index contributed by atoms with van der Waals surface area (Å²) >= 11 is -0.320. The van der Waals surface area contributed by atoms with Crippen LogP contribution in [0.3, 0.4) is 0 Å². The van der Waals surface area contributed by atoms with Gasteiger partial charge in [0.25, 0.3) is 0 Å². The third-order valence-electron chi connectivity index (χ3n) is 1.85. The summed E-state index contributed by atoms with van der Waals surface area (Å²) in [6.07, 6.45) is -5.00. The summed E-state index contributed by atoms with van der Waals surface area (Å²) in [6.45, 7) is 0. The van der Waals surface area contributed by atoms with Gasteiger partial charge in [0.05, 0.1) is 11.4 Å². The molecular formula is C8H8F4N4OS. The van der Waals surface area contributed by atoms with Crippen molar-refractivity contribution in [2.24, 2.45) is 5.84 Å². The molecule has 18 heavy (non-hydrogen) atoms. The third-order valence-corrected chi connectivity index (χ3v) is 2.20. The number of benzene rings is 1. The van der Waals surface area contributed by atoms with Gasteiger partial charge in [-0.1, -0.05) is 0 Å². The van der Waals surface area contributed by atoms with Crippen LogP contribution in [0.4, 0.5) is 34.1 Å². The van der Waals surface area contributed by atoms with E-state index in [1.807, 2.05) is 0 Å². The molecule has 100 valence electrons. The lowest BCUT2D eigenvalue weighted by atomic mass is 10.2. The number of nitrogen functional groups attached to an aromatic ring is 1. The highest BCUT2D eigenvalue weighted by Crippen LogP contribution is 2.29. The predicted molar refractivity (Wildman–Crippen MR) is 60.9 cm³/mol. The topological polar surface area (TPSA) is 84.4 Å². The van der Waals surface area contributed by atoms with Gasteiger partial charge in [-0.15, -0.1) is 3.89 Å². The molecule has 0 radical (unpaired) electrons. The Kier molecular flexibility index (Phi) is 4.24. The summed E-state index contributed by atoms with van der Waals surface area (Å²) in [4.78, 5) is 10.6. The number of nitrogens with two attached hydrogens (primary N) is 2. The minimum atomic E-state index is -5.00. The van der Waals surface area contributed by atoms with Crippen LogP contribution in [0.1, 0.15) is 0 Å². The second-order valence-electron chi connectivity index (χ2n) is 3.12. The van der Waals surface area contributed by atoms with Gasteiger partial charge in [-0.05, 0) is 18.2 Å². The van der Waals surface area contributed by atoms with Crippen LogP contribution < -0.4 is 21.3 Å². The predicted octanol–water partition coefficient (Wildman–Crippen LogP) is 1.98. The van der Waals surface area contributed by atoms with Crippen LogP contribution in [0.15, 0.2) is 18.2 Å². The first-order valence-corrected chi connectivity index (χ1v) is 5.04. The Morgan fingerprint density at radius 2 is 2.00 bits per heavy atom. The molecule has 1 amide bonds. The summed E-state index contributed by atoms with van der Waals surface area (Å²) in [5, 5.41) is 1.60. The average molecular weight is 284 g/mol. The number of nitrogens with zero attached hydrogens (tertiary/aromatic N) is 1. The van der Waals surface area contributed by atoms with E-state index in [0.717, 1.165) is 12.1 Å². The molecule has 0 aliphatic rings. The molecule has 5 N–H and O–H groups in total. The number of carbonyl (C=O) groups excluding carboxylic acids is 1. The molecule has 1 aromatic carbocycles. The summed E-state index contributed by atoms with van der Waals surface area (Å²) in [5.74, 6) is 3.06. The normalized spacial score (nSPS) is 11.2. The van der Waals surface area contributed by atoms with Crippen molar-refractivity contribution in [2.45, 2.75) is 6.18 Å². The van der Waals surface area contributed by atoms with Crippen molar-refractivity contribution < 1.29 is 21.9 Å². The molecule has 1 rings (SSSR count). The van der Waals surface area contributed by atoms with E-state index >= 15 is 0 Å². The largest absolute Gasteiger partial charge is 0.471 e. The van der Waals surface area contributed by atoms with Gasteiger partial charge in [0, 0.05) is 5.69 Å². The number of hydrogen-bond donors (Lipinski definition) is 3. The van der Waals surface area contributed by atoms with E-state index in [4.69, 9.17) is 11.6 Å². The number of carbonyl (C=O) groups is 1. The Balaban J connectivity index is 2.89. The number of anilines is 3. The molecule has 0 unspecified atom stereocenters. The summed E-state index contributed by atoms with van der Waals surface area (Å²) < 4.78 is 48.7. The maximum atomic E-state index is 12.2. The first-order valence-electron chi connectivity index (χ1n) is 4.37. The Hall–Kier alpha value is -1.68. The monoisotopic (exact) mass is 284 g/mol. The minimum absolute atomic E-state index is 0.0625. The molecule has 0 spiro atoms. The Labute approximate surface area is 103 Å². The molecule has 0 aliphatic heterocycles. The maximum Gasteiger partial charge on any atom is 0.471 e. The average Bonchev–Trinajstić information content (AvgIpc) is 2.27. The lowest BCUT2D eigenvalue weighted by Gasteiger charge is -2.15. The highest BCUT2D eigenvalue weighted by molar-refractivity contribution is 7.95. The van der Waals surface area contributed by atoms with Gasteiger partial charge in [-0.3, -0.25) is 4.79 Å². The van der Waals surface area contributed by atoms with Gasteiger partial charge in [0.2, 0.25) is 0 Å². The van der Waals surface area contributed by atoms with E-state index in [1.54, 1.807) is 5.32 Å². The van der Waals surface area contributed by atoms with Crippen LogP contribution in [-0.2, 0) is 4.79 Å². The smallest absolute Gasteiger partial charge is 0.397 e. The van der Waals surface area contributed by atoms with Crippen molar-refractivity contribution >= 4 is 35.3 Å². The lowest BCUT2D eigenvalue weighted by molar-refractivity contribution is -0.167. The zero-order chi connectivity index (χ0) is 13.9. The van der Waals surface area contributed by atoms with Gasteiger partial charge in [-0.25, -0.2) is 10.3 Å². The first-order chi connectivity index (χ1) is 8.25. The van der Waals surface area contributed by atoms with Crippen LogP contribution in [0.5, 0.6) is 0 Å². The molecular weight excluding hydrogens is 276 g/mol. The molecule has 0 heterocycles. The number of amides is 1. The standard InChI is InChI=1S/C8H8F4N4OS/c9-8(10,11)7(17)15-4-1-2-6(5(13)3-4)16(14)18-12/h1-3H,13-14H2,(H,15,17). The van der Waals surface area contributed by atoms with Gasteiger partial charge in [0.15, 0.2) is 12.3 Å². The Morgan fingerprint density at radius 1 is 1.39 bits per heavy atom. The van der Waals surface area contributed by atoms with Crippen molar-refractivity contribution in [3.05, 3.63) is 18.2 Å². The van der Waals surface area contributed by atoms with Crippen molar-refractivity contribution in [3.63, 3.8) is 0 Å². The lowest BCUT2D eigenvalue weighted by Crippen LogP contribution is -2.30. The summed E-state index contributed by atoms with van der Waals surface area (Å²) in [6, 6.07) is 3.33. The Morgan fingerprint density at radius 3 is 2.44 bits per heavy atom. The third kappa shape index (κ3) is 3.40. The maximum absolute atomic E-state index is 12.2. The van der Waals surface area contributed by atoms with E-state index < -0.39 is 12.1 Å².